The third-order valence-electron chi connectivity index (χ3n) is 5.34. The van der Waals surface area contributed by atoms with Crippen molar-refractivity contribution >= 4 is 5.91 Å². The van der Waals surface area contributed by atoms with Crippen LogP contribution in [0.4, 0.5) is 0 Å². The van der Waals surface area contributed by atoms with Gasteiger partial charge in [-0.15, -0.1) is 0 Å². The molecule has 0 saturated carbocycles. The second kappa shape index (κ2) is 9.41. The number of amides is 1. The highest BCUT2D eigenvalue weighted by Gasteiger charge is 2.25. The number of pyridine rings is 1. The fourth-order valence-corrected chi connectivity index (χ4v) is 3.91. The number of unbranched alkanes of at least 4 members (excludes halogenated alkanes) is 2. The number of nitrogens with zero attached hydrogens (tertiary/aromatic N) is 2. The lowest BCUT2D eigenvalue weighted by Gasteiger charge is -2.15. The first-order valence-corrected chi connectivity index (χ1v) is 10.1. The van der Waals surface area contributed by atoms with E-state index in [1.165, 1.54) is 0 Å². The highest BCUT2D eigenvalue weighted by atomic mass is 16.5. The largest absolute Gasteiger partial charge is 0.496 e. The molecule has 0 fully saturated rings. The molecule has 0 spiro atoms. The Bertz CT molecular complexity index is 977. The molecule has 0 bridgehead atoms. The lowest BCUT2D eigenvalue weighted by molar-refractivity contribution is 0.1000. The van der Waals surface area contributed by atoms with Crippen molar-refractivity contribution in [2.24, 2.45) is 5.73 Å². The maximum Gasteiger partial charge on any atom is 0.251 e. The molecule has 29 heavy (non-hydrogen) atoms. The van der Waals surface area contributed by atoms with E-state index in [2.05, 4.69) is 22.5 Å². The molecule has 2 N–H and O–H groups in total. The molecule has 3 aromatic rings. The Hall–Kier alpha value is -3.08. The van der Waals surface area contributed by atoms with E-state index in [0.717, 1.165) is 59.6 Å². The molecule has 0 aliphatic heterocycles. The highest BCUT2D eigenvalue weighted by Crippen LogP contribution is 2.34. The van der Waals surface area contributed by atoms with Crippen LogP contribution in [0, 0.1) is 6.92 Å². The number of benzene rings is 1. The molecule has 3 rings (SSSR count). The van der Waals surface area contributed by atoms with Gasteiger partial charge in [-0.3, -0.25) is 9.78 Å². The van der Waals surface area contributed by atoms with E-state index < -0.39 is 5.91 Å². The first kappa shape index (κ1) is 20.6. The van der Waals surface area contributed by atoms with E-state index in [4.69, 9.17) is 10.5 Å². The maximum absolute atomic E-state index is 12.4. The van der Waals surface area contributed by atoms with Crippen molar-refractivity contribution in [3.63, 3.8) is 0 Å². The minimum absolute atomic E-state index is 0.418. The van der Waals surface area contributed by atoms with Crippen LogP contribution >= 0.6 is 0 Å². The van der Waals surface area contributed by atoms with Crippen molar-refractivity contribution in [3.8, 4) is 17.0 Å². The molecule has 2 aromatic heterocycles. The van der Waals surface area contributed by atoms with Crippen LogP contribution in [0.2, 0.25) is 0 Å². The number of para-hydroxylation sites is 1. The zero-order valence-electron chi connectivity index (χ0n) is 17.4. The monoisotopic (exact) mass is 391 g/mol. The van der Waals surface area contributed by atoms with Gasteiger partial charge in [0.2, 0.25) is 0 Å². The lowest BCUT2D eigenvalue weighted by Crippen LogP contribution is -2.14. The summed E-state index contributed by atoms with van der Waals surface area (Å²) in [6.45, 7) is 4.77. The van der Waals surface area contributed by atoms with Crippen molar-refractivity contribution in [2.75, 3.05) is 7.11 Å². The number of ether oxygens (including phenoxy) is 1. The Morgan fingerprint density at radius 3 is 2.55 bits per heavy atom. The fourth-order valence-electron chi connectivity index (χ4n) is 3.91. The number of primary amides is 1. The van der Waals surface area contributed by atoms with E-state index >= 15 is 0 Å². The lowest BCUT2D eigenvalue weighted by atomic mass is 10.0. The van der Waals surface area contributed by atoms with Crippen molar-refractivity contribution in [2.45, 2.75) is 46.1 Å². The average molecular weight is 392 g/mol. The molecule has 5 heteroatoms. The molecule has 1 aromatic carbocycles. The zero-order chi connectivity index (χ0) is 20.8. The third-order valence-corrected chi connectivity index (χ3v) is 5.34. The van der Waals surface area contributed by atoms with E-state index in [-0.39, 0.29) is 0 Å². The molecule has 1 amide bonds. The SMILES string of the molecule is CCCCCc1c(-c2ccccn2)c(C(N)=O)c(C)n1Cc1ccccc1OC. The number of hydrogen-bond donors (Lipinski definition) is 1. The van der Waals surface area contributed by atoms with Gasteiger partial charge in [-0.2, -0.15) is 0 Å². The smallest absolute Gasteiger partial charge is 0.251 e. The Balaban J connectivity index is 2.19. The van der Waals surface area contributed by atoms with Gasteiger partial charge in [-0.25, -0.2) is 0 Å². The van der Waals surface area contributed by atoms with Crippen LogP contribution in [-0.2, 0) is 13.0 Å². The Kier molecular flexibility index (Phi) is 6.70. The maximum atomic E-state index is 12.4. The van der Waals surface area contributed by atoms with Gasteiger partial charge in [0.15, 0.2) is 0 Å². The number of rotatable bonds is 9. The number of hydrogen-bond acceptors (Lipinski definition) is 3. The molecule has 0 saturated heterocycles. The van der Waals surface area contributed by atoms with Gasteiger partial charge in [0.05, 0.1) is 24.9 Å². The summed E-state index contributed by atoms with van der Waals surface area (Å²) >= 11 is 0. The Labute approximate surface area is 172 Å². The average Bonchev–Trinajstić information content (AvgIpc) is 3.01. The number of nitrogens with two attached hydrogens (primary N) is 1. The second-order valence-corrected chi connectivity index (χ2v) is 7.22. The fraction of sp³-hybridized carbons (Fsp3) is 0.333. The van der Waals surface area contributed by atoms with Crippen molar-refractivity contribution in [3.05, 3.63) is 71.2 Å². The minimum Gasteiger partial charge on any atom is -0.496 e. The van der Waals surface area contributed by atoms with E-state index in [0.29, 0.717) is 12.1 Å². The van der Waals surface area contributed by atoms with Crippen molar-refractivity contribution < 1.29 is 9.53 Å². The molecule has 2 heterocycles. The summed E-state index contributed by atoms with van der Waals surface area (Å²) in [6.07, 6.45) is 5.93. The summed E-state index contributed by atoms with van der Waals surface area (Å²) in [6, 6.07) is 13.7. The van der Waals surface area contributed by atoms with Crippen LogP contribution in [0.5, 0.6) is 5.75 Å². The molecular weight excluding hydrogens is 362 g/mol. The van der Waals surface area contributed by atoms with Gasteiger partial charge in [0, 0.05) is 28.7 Å². The van der Waals surface area contributed by atoms with Crippen LogP contribution in [0.1, 0.15) is 53.5 Å². The third kappa shape index (κ3) is 4.34. The summed E-state index contributed by atoms with van der Waals surface area (Å²) < 4.78 is 7.75. The zero-order valence-corrected chi connectivity index (χ0v) is 17.4. The molecular formula is C24H29N3O2. The topological polar surface area (TPSA) is 70.1 Å². The summed E-state index contributed by atoms with van der Waals surface area (Å²) in [5.74, 6) is 0.416. The van der Waals surface area contributed by atoms with Crippen LogP contribution in [0.25, 0.3) is 11.3 Å². The molecule has 0 aliphatic carbocycles. The van der Waals surface area contributed by atoms with Crippen molar-refractivity contribution in [1.82, 2.24) is 9.55 Å². The number of carbonyl (C=O) groups excluding carboxylic acids is 1. The van der Waals surface area contributed by atoms with Crippen LogP contribution in [0.15, 0.2) is 48.7 Å². The van der Waals surface area contributed by atoms with E-state index in [9.17, 15) is 4.79 Å². The molecule has 0 radical (unpaired) electrons. The first-order chi connectivity index (χ1) is 14.1. The quantitative estimate of drug-likeness (QED) is 0.535. The Morgan fingerprint density at radius 1 is 1.14 bits per heavy atom. The molecule has 5 nitrogen and oxygen atoms in total. The van der Waals surface area contributed by atoms with E-state index in [1.54, 1.807) is 13.3 Å². The molecule has 0 unspecified atom stereocenters. The summed E-state index contributed by atoms with van der Waals surface area (Å²) in [5, 5.41) is 0. The van der Waals surface area contributed by atoms with Gasteiger partial charge in [0.25, 0.3) is 5.91 Å². The van der Waals surface area contributed by atoms with E-state index in [1.807, 2.05) is 43.3 Å². The van der Waals surface area contributed by atoms with Gasteiger partial charge in [0.1, 0.15) is 5.75 Å². The second-order valence-electron chi connectivity index (χ2n) is 7.22. The van der Waals surface area contributed by atoms with Gasteiger partial charge in [-0.05, 0) is 38.0 Å². The predicted molar refractivity (Wildman–Crippen MR) is 116 cm³/mol. The normalized spacial score (nSPS) is 10.9. The molecule has 0 aliphatic rings. The van der Waals surface area contributed by atoms with Crippen LogP contribution in [-0.4, -0.2) is 22.6 Å². The standard InChI is InChI=1S/C24H29N3O2/c1-4-5-6-13-20-23(19-12-9-10-15-26-19)22(24(25)28)17(2)27(20)16-18-11-7-8-14-21(18)29-3/h7-12,14-15H,4-6,13,16H2,1-3H3,(H2,25,28). The number of methoxy groups -OCH3 is 1. The summed E-state index contributed by atoms with van der Waals surface area (Å²) in [7, 11) is 1.68. The number of carbonyl (C=O) groups is 1. The van der Waals surface area contributed by atoms with Gasteiger partial charge >= 0.3 is 0 Å². The summed E-state index contributed by atoms with van der Waals surface area (Å²) in [4.78, 5) is 17.0. The predicted octanol–water partition coefficient (Wildman–Crippen LogP) is 4.75. The summed E-state index contributed by atoms with van der Waals surface area (Å²) in [5.41, 5.74) is 11.1. The Morgan fingerprint density at radius 2 is 1.90 bits per heavy atom. The first-order valence-electron chi connectivity index (χ1n) is 10.1. The number of aromatic nitrogens is 2. The molecule has 0 atom stereocenters. The van der Waals surface area contributed by atoms with Crippen LogP contribution in [0.3, 0.4) is 0 Å². The highest BCUT2D eigenvalue weighted by molar-refractivity contribution is 6.01. The van der Waals surface area contributed by atoms with Crippen molar-refractivity contribution in [1.29, 1.82) is 0 Å². The molecule has 152 valence electrons. The van der Waals surface area contributed by atoms with Gasteiger partial charge < -0.3 is 15.0 Å². The van der Waals surface area contributed by atoms with Crippen LogP contribution < -0.4 is 10.5 Å². The minimum atomic E-state index is -0.418. The van der Waals surface area contributed by atoms with Gasteiger partial charge in [-0.1, -0.05) is 44.0 Å².